The van der Waals surface area contributed by atoms with Crippen LogP contribution in [0.5, 0.6) is 0 Å². The lowest BCUT2D eigenvalue weighted by atomic mass is 9.99. The van der Waals surface area contributed by atoms with Crippen molar-refractivity contribution in [2.75, 3.05) is 5.32 Å². The molecule has 0 saturated heterocycles. The Balaban J connectivity index is 2.12. The van der Waals surface area contributed by atoms with E-state index in [4.69, 9.17) is 0 Å². The molecule has 1 aliphatic rings. The predicted molar refractivity (Wildman–Crippen MR) is 56.8 cm³/mol. The Morgan fingerprint density at radius 3 is 2.86 bits per heavy atom. The van der Waals surface area contributed by atoms with Crippen molar-refractivity contribution >= 4 is 11.4 Å². The highest BCUT2D eigenvalue weighted by Gasteiger charge is 2.12. The molecular weight excluding hydrogens is 172 g/mol. The Hall–Kier alpha value is -1.83. The first-order valence-corrected chi connectivity index (χ1v) is 4.71. The molecule has 0 unspecified atom stereocenters. The number of benzene rings is 1. The van der Waals surface area contributed by atoms with Crippen molar-refractivity contribution < 1.29 is 0 Å². The minimum atomic E-state index is 1.00. The molecule has 2 heteroatoms. The van der Waals surface area contributed by atoms with Gasteiger partial charge in [0, 0.05) is 18.3 Å². The summed E-state index contributed by atoms with van der Waals surface area (Å²) in [6.07, 6.45) is 4.72. The number of fused-ring (bicyclic) bond motifs is 2. The van der Waals surface area contributed by atoms with Crippen LogP contribution in [0.25, 0.3) is 0 Å². The molecule has 14 heavy (non-hydrogen) atoms. The van der Waals surface area contributed by atoms with E-state index in [1.807, 2.05) is 18.5 Å². The molecule has 1 aliphatic heterocycles. The van der Waals surface area contributed by atoms with Crippen molar-refractivity contribution in [3.05, 3.63) is 53.9 Å². The number of rotatable bonds is 0. The SMILES string of the molecule is c1ccc2c(c1)Cc1ccncc1N2. The third-order valence-corrected chi connectivity index (χ3v) is 2.58. The number of anilines is 2. The first-order valence-electron chi connectivity index (χ1n) is 4.71. The quantitative estimate of drug-likeness (QED) is 0.578. The van der Waals surface area contributed by atoms with Gasteiger partial charge in [-0.25, -0.2) is 0 Å². The molecule has 3 rings (SSSR count). The lowest BCUT2D eigenvalue weighted by Crippen LogP contribution is -2.06. The number of nitrogens with zero attached hydrogens (tertiary/aromatic N) is 1. The summed E-state index contributed by atoms with van der Waals surface area (Å²) in [5.41, 5.74) is 5.00. The van der Waals surface area contributed by atoms with Gasteiger partial charge < -0.3 is 5.32 Å². The normalized spacial score (nSPS) is 12.6. The smallest absolute Gasteiger partial charge is 0.0606 e. The molecule has 0 bridgehead atoms. The zero-order valence-corrected chi connectivity index (χ0v) is 7.70. The number of hydrogen-bond acceptors (Lipinski definition) is 2. The second-order valence-electron chi connectivity index (χ2n) is 3.49. The number of nitrogens with one attached hydrogen (secondary N) is 1. The minimum Gasteiger partial charge on any atom is -0.354 e. The van der Waals surface area contributed by atoms with Crippen LogP contribution < -0.4 is 5.32 Å². The minimum absolute atomic E-state index is 1.00. The molecule has 0 saturated carbocycles. The maximum atomic E-state index is 4.11. The van der Waals surface area contributed by atoms with Crippen molar-refractivity contribution in [1.82, 2.24) is 4.98 Å². The summed E-state index contributed by atoms with van der Waals surface area (Å²) in [5, 5.41) is 3.38. The zero-order valence-electron chi connectivity index (χ0n) is 7.70. The van der Waals surface area contributed by atoms with Gasteiger partial charge in [0.1, 0.15) is 0 Å². The molecule has 2 nitrogen and oxygen atoms in total. The Kier molecular flexibility index (Phi) is 1.53. The summed E-state index contributed by atoms with van der Waals surface area (Å²) in [7, 11) is 0. The van der Waals surface area contributed by atoms with Gasteiger partial charge in [0.25, 0.3) is 0 Å². The Morgan fingerprint density at radius 1 is 1.00 bits per heavy atom. The summed E-state index contributed by atoms with van der Waals surface area (Å²) < 4.78 is 0. The van der Waals surface area contributed by atoms with E-state index in [0.29, 0.717) is 0 Å². The second-order valence-corrected chi connectivity index (χ2v) is 3.49. The highest BCUT2D eigenvalue weighted by Crippen LogP contribution is 2.31. The standard InChI is InChI=1S/C12H10N2/c1-2-4-11-9(3-1)7-10-5-6-13-8-12(10)14-11/h1-6,8,14H,7H2. The highest BCUT2D eigenvalue weighted by molar-refractivity contribution is 5.70. The highest BCUT2D eigenvalue weighted by atomic mass is 14.9. The van der Waals surface area contributed by atoms with Crippen molar-refractivity contribution in [1.29, 1.82) is 0 Å². The zero-order chi connectivity index (χ0) is 9.38. The molecule has 2 heterocycles. The fourth-order valence-corrected chi connectivity index (χ4v) is 1.84. The lowest BCUT2D eigenvalue weighted by Gasteiger charge is -2.20. The number of aromatic nitrogens is 1. The molecule has 1 N–H and O–H groups in total. The molecule has 68 valence electrons. The Labute approximate surface area is 82.6 Å². The van der Waals surface area contributed by atoms with Crippen LogP contribution in [-0.4, -0.2) is 4.98 Å². The van der Waals surface area contributed by atoms with E-state index in [2.05, 4.69) is 34.6 Å². The molecule has 2 aromatic rings. The fourth-order valence-electron chi connectivity index (χ4n) is 1.84. The van der Waals surface area contributed by atoms with Gasteiger partial charge in [-0.3, -0.25) is 4.98 Å². The first kappa shape index (κ1) is 7.56. The number of pyridine rings is 1. The molecule has 0 radical (unpaired) electrons. The molecule has 1 aromatic heterocycles. The van der Waals surface area contributed by atoms with Crippen LogP contribution >= 0.6 is 0 Å². The summed E-state index contributed by atoms with van der Waals surface area (Å²) in [6.45, 7) is 0. The van der Waals surface area contributed by atoms with Gasteiger partial charge in [0.15, 0.2) is 0 Å². The van der Waals surface area contributed by atoms with E-state index >= 15 is 0 Å². The Bertz CT molecular complexity index is 390. The van der Waals surface area contributed by atoms with Crippen LogP contribution in [0.15, 0.2) is 42.7 Å². The van der Waals surface area contributed by atoms with Gasteiger partial charge in [0.2, 0.25) is 0 Å². The van der Waals surface area contributed by atoms with Gasteiger partial charge in [-0.1, -0.05) is 18.2 Å². The van der Waals surface area contributed by atoms with Crippen LogP contribution in [0.3, 0.4) is 0 Å². The van der Waals surface area contributed by atoms with Gasteiger partial charge in [-0.05, 0) is 23.3 Å². The van der Waals surface area contributed by atoms with Gasteiger partial charge in [0.05, 0.1) is 11.9 Å². The summed E-state index contributed by atoms with van der Waals surface area (Å²) >= 11 is 0. The predicted octanol–water partition coefficient (Wildman–Crippen LogP) is 2.73. The molecule has 0 fully saturated rings. The summed E-state index contributed by atoms with van der Waals surface area (Å²) in [5.74, 6) is 0. The summed E-state index contributed by atoms with van der Waals surface area (Å²) in [4.78, 5) is 4.11. The van der Waals surface area contributed by atoms with Gasteiger partial charge in [-0.2, -0.15) is 0 Å². The molecular formula is C12H10N2. The van der Waals surface area contributed by atoms with E-state index in [0.717, 1.165) is 12.1 Å². The van der Waals surface area contributed by atoms with Gasteiger partial charge >= 0.3 is 0 Å². The van der Waals surface area contributed by atoms with E-state index in [-0.39, 0.29) is 0 Å². The fraction of sp³-hybridized carbons (Fsp3) is 0.0833. The average molecular weight is 182 g/mol. The average Bonchev–Trinajstić information content (AvgIpc) is 2.26. The first-order chi connectivity index (χ1) is 6.93. The van der Waals surface area contributed by atoms with Crippen molar-refractivity contribution in [2.24, 2.45) is 0 Å². The van der Waals surface area contributed by atoms with E-state index < -0.39 is 0 Å². The van der Waals surface area contributed by atoms with Crippen LogP contribution in [0.2, 0.25) is 0 Å². The monoisotopic (exact) mass is 182 g/mol. The van der Waals surface area contributed by atoms with Crippen LogP contribution in [0.1, 0.15) is 11.1 Å². The molecule has 1 aromatic carbocycles. The van der Waals surface area contributed by atoms with Crippen molar-refractivity contribution in [2.45, 2.75) is 6.42 Å². The molecule has 0 spiro atoms. The second kappa shape index (κ2) is 2.84. The topological polar surface area (TPSA) is 24.9 Å². The lowest BCUT2D eigenvalue weighted by molar-refractivity contribution is 1.13. The maximum Gasteiger partial charge on any atom is 0.0606 e. The Morgan fingerprint density at radius 2 is 1.86 bits per heavy atom. The van der Waals surface area contributed by atoms with Crippen LogP contribution in [0.4, 0.5) is 11.4 Å². The largest absolute Gasteiger partial charge is 0.354 e. The number of hydrogen-bond donors (Lipinski definition) is 1. The molecule has 0 aliphatic carbocycles. The number of para-hydroxylation sites is 1. The van der Waals surface area contributed by atoms with Crippen LogP contribution in [0, 0.1) is 0 Å². The third-order valence-electron chi connectivity index (χ3n) is 2.58. The van der Waals surface area contributed by atoms with E-state index in [1.165, 1.54) is 16.8 Å². The van der Waals surface area contributed by atoms with E-state index in [9.17, 15) is 0 Å². The van der Waals surface area contributed by atoms with E-state index in [1.54, 1.807) is 0 Å². The third kappa shape index (κ3) is 1.08. The molecule has 0 atom stereocenters. The van der Waals surface area contributed by atoms with Crippen molar-refractivity contribution in [3.8, 4) is 0 Å². The van der Waals surface area contributed by atoms with Crippen molar-refractivity contribution in [3.63, 3.8) is 0 Å². The van der Waals surface area contributed by atoms with Gasteiger partial charge in [-0.15, -0.1) is 0 Å². The van der Waals surface area contributed by atoms with Crippen LogP contribution in [-0.2, 0) is 6.42 Å². The summed E-state index contributed by atoms with van der Waals surface area (Å²) in [6, 6.07) is 10.5. The molecule has 0 amide bonds. The maximum absolute atomic E-state index is 4.11.